The second kappa shape index (κ2) is 5.55. The van der Waals surface area contributed by atoms with Gasteiger partial charge in [0.05, 0.1) is 12.0 Å². The third-order valence-electron chi connectivity index (χ3n) is 2.61. The minimum Gasteiger partial charge on any atom is -0.496 e. The van der Waals surface area contributed by atoms with Crippen LogP contribution in [0.25, 0.3) is 0 Å². The van der Waals surface area contributed by atoms with E-state index in [-0.39, 0.29) is 11.3 Å². The third-order valence-corrected chi connectivity index (χ3v) is 2.61. The third kappa shape index (κ3) is 3.02. The summed E-state index contributed by atoms with van der Waals surface area (Å²) in [5.41, 5.74) is -2.33. The molecule has 0 fully saturated rings. The topological polar surface area (TPSA) is 119 Å². The van der Waals surface area contributed by atoms with Gasteiger partial charge in [0.15, 0.2) is 5.56 Å². The number of methoxy groups -OCH3 is 1. The normalized spacial score (nSPS) is 10.8. The Bertz CT molecular complexity index is 567. The number of nitro benzene ring substituents is 1. The first kappa shape index (κ1) is 15.4. The van der Waals surface area contributed by atoms with Crippen LogP contribution in [0.15, 0.2) is 18.2 Å². The van der Waals surface area contributed by atoms with Gasteiger partial charge >= 0.3 is 5.97 Å². The Labute approximate surface area is 114 Å². The molecule has 1 aromatic rings. The predicted molar refractivity (Wildman–Crippen MR) is 68.8 cm³/mol. The number of benzene rings is 1. The zero-order valence-corrected chi connectivity index (χ0v) is 11.2. The van der Waals surface area contributed by atoms with Gasteiger partial charge in [-0.3, -0.25) is 14.9 Å². The van der Waals surface area contributed by atoms with Crippen molar-refractivity contribution in [1.82, 2.24) is 5.32 Å². The maximum Gasteiger partial charge on any atom is 0.328 e. The summed E-state index contributed by atoms with van der Waals surface area (Å²) in [6.07, 6.45) is 0. The number of nitrogens with one attached hydrogen (secondary N) is 1. The van der Waals surface area contributed by atoms with E-state index in [4.69, 9.17) is 9.84 Å². The van der Waals surface area contributed by atoms with E-state index in [0.29, 0.717) is 0 Å². The fourth-order valence-corrected chi connectivity index (χ4v) is 1.47. The van der Waals surface area contributed by atoms with Gasteiger partial charge < -0.3 is 15.2 Å². The van der Waals surface area contributed by atoms with E-state index >= 15 is 0 Å². The van der Waals surface area contributed by atoms with Crippen molar-refractivity contribution >= 4 is 17.6 Å². The maximum absolute atomic E-state index is 12.1. The second-order valence-electron chi connectivity index (χ2n) is 4.50. The summed E-state index contributed by atoms with van der Waals surface area (Å²) >= 11 is 0. The van der Waals surface area contributed by atoms with E-state index in [1.165, 1.54) is 33.1 Å². The number of amides is 1. The standard InChI is InChI=1S/C12H14N2O6/c1-12(2,11(16)17)13-10(15)9-7(14(18)19)5-4-6-8(9)20-3/h4-6H,1-3H3,(H,13,15)(H,16,17). The molecule has 0 saturated carbocycles. The number of hydrogen-bond donors (Lipinski definition) is 2. The summed E-state index contributed by atoms with van der Waals surface area (Å²) in [5, 5.41) is 22.1. The molecule has 0 radical (unpaired) electrons. The first-order valence-electron chi connectivity index (χ1n) is 5.58. The van der Waals surface area contributed by atoms with Crippen LogP contribution in [0.5, 0.6) is 5.75 Å². The molecule has 0 aliphatic carbocycles. The van der Waals surface area contributed by atoms with Crippen molar-refractivity contribution in [3.8, 4) is 5.75 Å². The van der Waals surface area contributed by atoms with Gasteiger partial charge in [-0.15, -0.1) is 0 Å². The number of nitro groups is 1. The Kier molecular flexibility index (Phi) is 4.28. The van der Waals surface area contributed by atoms with Gasteiger partial charge in [0.2, 0.25) is 0 Å². The quantitative estimate of drug-likeness (QED) is 0.618. The van der Waals surface area contributed by atoms with Crippen LogP contribution in [-0.4, -0.2) is 34.6 Å². The van der Waals surface area contributed by atoms with Crippen molar-refractivity contribution in [3.05, 3.63) is 33.9 Å². The van der Waals surface area contributed by atoms with Gasteiger partial charge in [-0.05, 0) is 19.9 Å². The molecule has 0 spiro atoms. The van der Waals surface area contributed by atoms with E-state index in [9.17, 15) is 19.7 Å². The molecule has 1 aromatic carbocycles. The van der Waals surface area contributed by atoms with Crippen molar-refractivity contribution < 1.29 is 24.4 Å². The maximum atomic E-state index is 12.1. The molecule has 0 unspecified atom stereocenters. The molecule has 0 heterocycles. The highest BCUT2D eigenvalue weighted by atomic mass is 16.6. The predicted octanol–water partition coefficient (Wildman–Crippen LogP) is 1.20. The Morgan fingerprint density at radius 2 is 2.00 bits per heavy atom. The smallest absolute Gasteiger partial charge is 0.328 e. The van der Waals surface area contributed by atoms with Gasteiger partial charge in [-0.25, -0.2) is 4.79 Å². The highest BCUT2D eigenvalue weighted by Gasteiger charge is 2.33. The van der Waals surface area contributed by atoms with Gasteiger partial charge in [-0.2, -0.15) is 0 Å². The lowest BCUT2D eigenvalue weighted by Gasteiger charge is -2.21. The lowest BCUT2D eigenvalue weighted by molar-refractivity contribution is -0.385. The molecule has 1 amide bonds. The van der Waals surface area contributed by atoms with Crippen LogP contribution < -0.4 is 10.1 Å². The number of carbonyl (C=O) groups is 2. The summed E-state index contributed by atoms with van der Waals surface area (Å²) in [4.78, 5) is 33.3. The molecule has 20 heavy (non-hydrogen) atoms. The van der Waals surface area contributed by atoms with Crippen molar-refractivity contribution in [2.24, 2.45) is 0 Å². The number of carboxylic acids is 1. The SMILES string of the molecule is COc1cccc([N+](=O)[O-])c1C(=O)NC(C)(C)C(=O)O. The molecule has 108 valence electrons. The molecule has 0 aromatic heterocycles. The molecule has 0 bridgehead atoms. The number of aliphatic carboxylic acids is 1. The molecule has 0 aliphatic heterocycles. The molecule has 0 aliphatic rings. The largest absolute Gasteiger partial charge is 0.496 e. The van der Waals surface area contributed by atoms with Gasteiger partial charge in [0.25, 0.3) is 11.6 Å². The minimum atomic E-state index is -1.56. The Morgan fingerprint density at radius 3 is 2.45 bits per heavy atom. The molecule has 1 rings (SSSR count). The minimum absolute atomic E-state index is 0.00195. The van der Waals surface area contributed by atoms with Crippen LogP contribution in [0, 0.1) is 10.1 Å². The average Bonchev–Trinajstić information content (AvgIpc) is 2.36. The summed E-state index contributed by atoms with van der Waals surface area (Å²) in [5.74, 6) is -2.15. The average molecular weight is 282 g/mol. The van der Waals surface area contributed by atoms with E-state index in [1.54, 1.807) is 0 Å². The van der Waals surface area contributed by atoms with Crippen molar-refractivity contribution in [3.63, 3.8) is 0 Å². The summed E-state index contributed by atoms with van der Waals surface area (Å²) in [6, 6.07) is 3.90. The van der Waals surface area contributed by atoms with Crippen LogP contribution in [0.3, 0.4) is 0 Å². The van der Waals surface area contributed by atoms with Crippen LogP contribution in [0.4, 0.5) is 5.69 Å². The second-order valence-corrected chi connectivity index (χ2v) is 4.50. The first-order valence-corrected chi connectivity index (χ1v) is 5.58. The monoisotopic (exact) mass is 282 g/mol. The van der Waals surface area contributed by atoms with Gasteiger partial charge in [0, 0.05) is 6.07 Å². The Hall–Kier alpha value is -2.64. The number of carboxylic acid groups (broad SMARTS) is 1. The Morgan fingerprint density at radius 1 is 1.40 bits per heavy atom. The fourth-order valence-electron chi connectivity index (χ4n) is 1.47. The fraction of sp³-hybridized carbons (Fsp3) is 0.333. The zero-order valence-electron chi connectivity index (χ0n) is 11.2. The Balaban J connectivity index is 3.28. The lowest BCUT2D eigenvalue weighted by Crippen LogP contribution is -2.49. The van der Waals surface area contributed by atoms with Crippen LogP contribution in [-0.2, 0) is 4.79 Å². The number of hydrogen-bond acceptors (Lipinski definition) is 5. The number of nitrogens with zero attached hydrogens (tertiary/aromatic N) is 1. The highest BCUT2D eigenvalue weighted by Crippen LogP contribution is 2.28. The van der Waals surface area contributed by atoms with Crippen molar-refractivity contribution in [2.45, 2.75) is 19.4 Å². The number of rotatable bonds is 5. The molecule has 0 atom stereocenters. The van der Waals surface area contributed by atoms with E-state index in [1.807, 2.05) is 0 Å². The molecule has 2 N–H and O–H groups in total. The summed E-state index contributed by atoms with van der Waals surface area (Å²) in [7, 11) is 1.26. The number of carbonyl (C=O) groups excluding carboxylic acids is 1. The number of ether oxygens (including phenoxy) is 1. The van der Waals surface area contributed by atoms with Crippen LogP contribution in [0.1, 0.15) is 24.2 Å². The summed E-state index contributed by atoms with van der Waals surface area (Å²) < 4.78 is 4.92. The molecular formula is C12H14N2O6. The zero-order chi connectivity index (χ0) is 15.5. The van der Waals surface area contributed by atoms with E-state index in [0.717, 1.165) is 6.07 Å². The molecular weight excluding hydrogens is 268 g/mol. The molecule has 8 nitrogen and oxygen atoms in total. The lowest BCUT2D eigenvalue weighted by atomic mass is 10.0. The summed E-state index contributed by atoms with van der Waals surface area (Å²) in [6.45, 7) is 2.54. The van der Waals surface area contributed by atoms with Gasteiger partial charge in [-0.1, -0.05) is 6.07 Å². The molecule has 8 heteroatoms. The van der Waals surface area contributed by atoms with Crippen molar-refractivity contribution in [1.29, 1.82) is 0 Å². The van der Waals surface area contributed by atoms with E-state index in [2.05, 4.69) is 5.32 Å². The molecule has 0 saturated heterocycles. The van der Waals surface area contributed by atoms with Crippen molar-refractivity contribution in [2.75, 3.05) is 7.11 Å². The first-order chi connectivity index (χ1) is 9.20. The van der Waals surface area contributed by atoms with Crippen LogP contribution >= 0.6 is 0 Å². The van der Waals surface area contributed by atoms with Crippen LogP contribution in [0.2, 0.25) is 0 Å². The van der Waals surface area contributed by atoms with E-state index < -0.39 is 28.0 Å². The highest BCUT2D eigenvalue weighted by molar-refractivity contribution is 6.03. The van der Waals surface area contributed by atoms with Gasteiger partial charge in [0.1, 0.15) is 11.3 Å².